The van der Waals surface area contributed by atoms with Crippen LogP contribution in [0.4, 0.5) is 0 Å². The molecular formula is C11H13N3O. The van der Waals surface area contributed by atoms with Gasteiger partial charge < -0.3 is 5.11 Å². The second kappa shape index (κ2) is 4.23. The van der Waals surface area contributed by atoms with Crippen molar-refractivity contribution in [2.24, 2.45) is 0 Å². The molecular weight excluding hydrogens is 190 g/mol. The Morgan fingerprint density at radius 1 is 1.33 bits per heavy atom. The lowest BCUT2D eigenvalue weighted by atomic mass is 10.1. The predicted octanol–water partition coefficient (Wildman–Crippen LogP) is 1.46. The molecule has 0 aliphatic rings. The first kappa shape index (κ1) is 9.86. The first-order valence-electron chi connectivity index (χ1n) is 4.93. The van der Waals surface area contributed by atoms with E-state index in [2.05, 4.69) is 10.1 Å². The zero-order valence-electron chi connectivity index (χ0n) is 8.59. The Morgan fingerprint density at radius 2 is 2.20 bits per heavy atom. The third kappa shape index (κ3) is 1.76. The Kier molecular flexibility index (Phi) is 2.78. The highest BCUT2D eigenvalue weighted by Gasteiger charge is 2.09. The highest BCUT2D eigenvalue weighted by Crippen LogP contribution is 2.20. The van der Waals surface area contributed by atoms with Crippen LogP contribution >= 0.6 is 0 Å². The molecule has 78 valence electrons. The van der Waals surface area contributed by atoms with Crippen LogP contribution in [0.15, 0.2) is 30.6 Å². The highest BCUT2D eigenvalue weighted by atomic mass is 16.3. The van der Waals surface area contributed by atoms with Crippen molar-refractivity contribution in [3.05, 3.63) is 36.2 Å². The molecule has 2 aromatic heterocycles. The van der Waals surface area contributed by atoms with E-state index in [4.69, 9.17) is 0 Å². The molecule has 0 aromatic carbocycles. The Balaban J connectivity index is 2.53. The van der Waals surface area contributed by atoms with Gasteiger partial charge in [-0.05, 0) is 19.1 Å². The fourth-order valence-corrected chi connectivity index (χ4v) is 1.58. The standard InChI is InChI=1S/C11H13N3O/c1-2-14-10(5-7-13-14)11-9(8-15)4-3-6-12-11/h3-7,15H,2,8H2,1H3. The van der Waals surface area contributed by atoms with Gasteiger partial charge in [0, 0.05) is 24.5 Å². The Bertz CT molecular complexity index is 451. The van der Waals surface area contributed by atoms with Crippen LogP contribution in [0.25, 0.3) is 11.4 Å². The van der Waals surface area contributed by atoms with Gasteiger partial charge in [0.2, 0.25) is 0 Å². The minimum Gasteiger partial charge on any atom is -0.392 e. The van der Waals surface area contributed by atoms with Gasteiger partial charge in [-0.25, -0.2) is 0 Å². The maximum Gasteiger partial charge on any atom is 0.0937 e. The van der Waals surface area contributed by atoms with Crippen molar-refractivity contribution in [2.75, 3.05) is 0 Å². The molecule has 0 saturated heterocycles. The molecule has 0 radical (unpaired) electrons. The van der Waals surface area contributed by atoms with Crippen LogP contribution in [-0.2, 0) is 13.2 Å². The van der Waals surface area contributed by atoms with E-state index >= 15 is 0 Å². The zero-order valence-corrected chi connectivity index (χ0v) is 8.59. The summed E-state index contributed by atoms with van der Waals surface area (Å²) in [5, 5.41) is 13.4. The quantitative estimate of drug-likeness (QED) is 0.821. The molecule has 1 N–H and O–H groups in total. The molecule has 0 fully saturated rings. The maximum absolute atomic E-state index is 9.21. The van der Waals surface area contributed by atoms with E-state index in [1.807, 2.05) is 29.8 Å². The topological polar surface area (TPSA) is 50.9 Å². The van der Waals surface area contributed by atoms with Crippen LogP contribution in [0, 0.1) is 0 Å². The third-order valence-electron chi connectivity index (χ3n) is 2.32. The number of nitrogens with zero attached hydrogens (tertiary/aromatic N) is 3. The number of pyridine rings is 1. The van der Waals surface area contributed by atoms with Crippen molar-refractivity contribution >= 4 is 0 Å². The van der Waals surface area contributed by atoms with Gasteiger partial charge in [0.15, 0.2) is 0 Å². The molecule has 0 bridgehead atoms. The summed E-state index contributed by atoms with van der Waals surface area (Å²) in [5.41, 5.74) is 2.58. The maximum atomic E-state index is 9.21. The second-order valence-corrected chi connectivity index (χ2v) is 3.20. The highest BCUT2D eigenvalue weighted by molar-refractivity contribution is 5.58. The summed E-state index contributed by atoms with van der Waals surface area (Å²) in [6.07, 6.45) is 3.47. The summed E-state index contributed by atoms with van der Waals surface area (Å²) in [6.45, 7) is 2.82. The summed E-state index contributed by atoms with van der Waals surface area (Å²) < 4.78 is 1.86. The van der Waals surface area contributed by atoms with Crippen molar-refractivity contribution < 1.29 is 5.11 Å². The Morgan fingerprint density at radius 3 is 2.93 bits per heavy atom. The van der Waals surface area contributed by atoms with Gasteiger partial charge >= 0.3 is 0 Å². The van der Waals surface area contributed by atoms with E-state index in [1.165, 1.54) is 0 Å². The number of hydrogen-bond donors (Lipinski definition) is 1. The van der Waals surface area contributed by atoms with E-state index in [-0.39, 0.29) is 6.61 Å². The summed E-state index contributed by atoms with van der Waals surface area (Å²) >= 11 is 0. The predicted molar refractivity (Wildman–Crippen MR) is 57.1 cm³/mol. The van der Waals surface area contributed by atoms with Gasteiger partial charge in [0.05, 0.1) is 18.0 Å². The van der Waals surface area contributed by atoms with Crippen LogP contribution in [0.2, 0.25) is 0 Å². The van der Waals surface area contributed by atoms with Crippen molar-refractivity contribution in [2.45, 2.75) is 20.1 Å². The fourth-order valence-electron chi connectivity index (χ4n) is 1.58. The molecule has 0 aliphatic heterocycles. The number of aryl methyl sites for hydroxylation is 1. The van der Waals surface area contributed by atoms with Gasteiger partial charge in [0.1, 0.15) is 0 Å². The summed E-state index contributed by atoms with van der Waals surface area (Å²) in [4.78, 5) is 4.28. The molecule has 0 spiro atoms. The molecule has 2 heterocycles. The normalized spacial score (nSPS) is 10.5. The lowest BCUT2D eigenvalue weighted by molar-refractivity contribution is 0.282. The van der Waals surface area contributed by atoms with E-state index in [9.17, 15) is 5.11 Å². The largest absolute Gasteiger partial charge is 0.392 e. The van der Waals surface area contributed by atoms with Crippen LogP contribution in [0.5, 0.6) is 0 Å². The van der Waals surface area contributed by atoms with Crippen molar-refractivity contribution in [1.82, 2.24) is 14.8 Å². The molecule has 0 amide bonds. The number of aliphatic hydroxyl groups excluding tert-OH is 1. The third-order valence-corrected chi connectivity index (χ3v) is 2.32. The van der Waals surface area contributed by atoms with Gasteiger partial charge in [-0.15, -0.1) is 0 Å². The molecule has 4 nitrogen and oxygen atoms in total. The van der Waals surface area contributed by atoms with E-state index < -0.39 is 0 Å². The van der Waals surface area contributed by atoms with E-state index in [1.54, 1.807) is 12.4 Å². The first-order chi connectivity index (χ1) is 7.36. The zero-order chi connectivity index (χ0) is 10.7. The van der Waals surface area contributed by atoms with Crippen LogP contribution in [0.3, 0.4) is 0 Å². The first-order valence-corrected chi connectivity index (χ1v) is 4.93. The molecule has 2 aromatic rings. The van der Waals surface area contributed by atoms with Crippen LogP contribution < -0.4 is 0 Å². The Hall–Kier alpha value is -1.68. The molecule has 0 unspecified atom stereocenters. The Labute approximate surface area is 88.2 Å². The molecule has 2 rings (SSSR count). The molecule has 0 aliphatic carbocycles. The molecule has 0 atom stereocenters. The molecule has 0 saturated carbocycles. The van der Waals surface area contributed by atoms with Gasteiger partial charge in [0.25, 0.3) is 0 Å². The van der Waals surface area contributed by atoms with Crippen molar-refractivity contribution in [3.8, 4) is 11.4 Å². The minimum absolute atomic E-state index is 0.00192. The number of hydrogen-bond acceptors (Lipinski definition) is 3. The van der Waals surface area contributed by atoms with Crippen molar-refractivity contribution in [1.29, 1.82) is 0 Å². The second-order valence-electron chi connectivity index (χ2n) is 3.20. The number of aliphatic hydroxyl groups is 1. The lowest BCUT2D eigenvalue weighted by Crippen LogP contribution is -2.02. The summed E-state index contributed by atoms with van der Waals surface area (Å²) in [7, 11) is 0. The fraction of sp³-hybridized carbons (Fsp3) is 0.273. The van der Waals surface area contributed by atoms with Crippen LogP contribution in [0.1, 0.15) is 12.5 Å². The molecule has 4 heteroatoms. The van der Waals surface area contributed by atoms with Gasteiger partial charge in [-0.3, -0.25) is 9.67 Å². The van der Waals surface area contributed by atoms with Gasteiger partial charge in [-0.1, -0.05) is 6.07 Å². The van der Waals surface area contributed by atoms with Gasteiger partial charge in [-0.2, -0.15) is 5.10 Å². The number of rotatable bonds is 3. The SMILES string of the molecule is CCn1nccc1-c1ncccc1CO. The monoisotopic (exact) mass is 203 g/mol. The average Bonchev–Trinajstić information content (AvgIpc) is 2.76. The smallest absolute Gasteiger partial charge is 0.0937 e. The summed E-state index contributed by atoms with van der Waals surface area (Å²) in [6, 6.07) is 5.60. The van der Waals surface area contributed by atoms with Crippen LogP contribution in [-0.4, -0.2) is 19.9 Å². The van der Waals surface area contributed by atoms with Crippen molar-refractivity contribution in [3.63, 3.8) is 0 Å². The van der Waals surface area contributed by atoms with E-state index in [0.29, 0.717) is 0 Å². The lowest BCUT2D eigenvalue weighted by Gasteiger charge is -2.07. The number of aromatic nitrogens is 3. The van der Waals surface area contributed by atoms with E-state index in [0.717, 1.165) is 23.5 Å². The molecule has 15 heavy (non-hydrogen) atoms. The summed E-state index contributed by atoms with van der Waals surface area (Å²) in [5.74, 6) is 0. The average molecular weight is 203 g/mol. The minimum atomic E-state index is -0.00192.